The van der Waals surface area contributed by atoms with Crippen LogP contribution in [-0.2, 0) is 27.9 Å². The van der Waals surface area contributed by atoms with Gasteiger partial charge < -0.3 is 19.3 Å². The molecule has 2 aliphatic heterocycles. The molecule has 2 heterocycles. The molecule has 2 unspecified atom stereocenters. The van der Waals surface area contributed by atoms with Gasteiger partial charge in [0.2, 0.25) is 0 Å². The summed E-state index contributed by atoms with van der Waals surface area (Å²) in [6.07, 6.45) is 8.04. The topological polar surface area (TPSA) is 51.2 Å². The van der Waals surface area contributed by atoms with Gasteiger partial charge in [0.1, 0.15) is 11.7 Å². The Bertz CT molecular complexity index is 1260. The largest absolute Gasteiger partial charge is 0.504 e. The number of likely N-dealkylation sites (tertiary alicyclic amines) is 1. The van der Waals surface area contributed by atoms with Crippen LogP contribution in [0.5, 0.6) is 11.5 Å². The van der Waals surface area contributed by atoms with E-state index < -0.39 is 5.60 Å². The molecule has 0 aromatic heterocycles. The van der Waals surface area contributed by atoms with Crippen LogP contribution < -0.4 is 4.74 Å². The lowest BCUT2D eigenvalue weighted by molar-refractivity contribution is -0.283. The van der Waals surface area contributed by atoms with Crippen molar-refractivity contribution < 1.29 is 19.3 Å². The van der Waals surface area contributed by atoms with E-state index in [2.05, 4.69) is 11.0 Å². The molecule has 2 spiro atoms. The summed E-state index contributed by atoms with van der Waals surface area (Å²) in [6.45, 7) is 3.48. The third-order valence-corrected chi connectivity index (χ3v) is 11.7. The normalized spacial score (nSPS) is 38.9. The Balaban J connectivity index is 1.21. The summed E-state index contributed by atoms with van der Waals surface area (Å²) < 4.78 is 19.9. The third-order valence-electron chi connectivity index (χ3n) is 11.3. The van der Waals surface area contributed by atoms with E-state index in [0.29, 0.717) is 19.3 Å². The van der Waals surface area contributed by atoms with E-state index in [1.54, 1.807) is 0 Å². The Kier molecular flexibility index (Phi) is 4.92. The molecule has 0 amide bonds. The minimum atomic E-state index is -0.425. The number of rotatable bonds is 7. The maximum Gasteiger partial charge on any atom is 0.165 e. The molecule has 2 aromatic carbocycles. The van der Waals surface area contributed by atoms with Crippen LogP contribution >= 0.6 is 11.6 Å². The zero-order chi connectivity index (χ0) is 25.0. The van der Waals surface area contributed by atoms with E-state index >= 15 is 0 Å². The van der Waals surface area contributed by atoms with Crippen molar-refractivity contribution in [2.45, 2.75) is 74.7 Å². The van der Waals surface area contributed by atoms with Gasteiger partial charge >= 0.3 is 0 Å². The fourth-order valence-corrected chi connectivity index (χ4v) is 9.86. The van der Waals surface area contributed by atoms with Crippen molar-refractivity contribution >= 4 is 11.6 Å². The second kappa shape index (κ2) is 7.88. The first-order valence-electron chi connectivity index (χ1n) is 14.1. The Morgan fingerprint density at radius 3 is 2.81 bits per heavy atom. The molecule has 6 atom stereocenters. The predicted molar refractivity (Wildman–Crippen MR) is 141 cm³/mol. The minimum absolute atomic E-state index is 0.0886. The highest BCUT2D eigenvalue weighted by Gasteiger charge is 2.80. The molecule has 1 saturated heterocycles. The standard InChI is InChI=1S/C31H36ClNO4/c1-35-31-11-10-29(15-22(31)18-36-17-21-4-2-3-5-23(21)32)25-14-20-8-9-24(34)27-26(20)30(29,28(31)37-27)12-13-33(25)16-19-6-7-19/h2-5,8-9,19,22,25,28,34H,6-7,10-18H2,1H3/t22-,25-,28-,29?,30?,31-/m1/s1. The van der Waals surface area contributed by atoms with Gasteiger partial charge in [0.25, 0.3) is 0 Å². The van der Waals surface area contributed by atoms with Gasteiger partial charge in [-0.25, -0.2) is 0 Å². The van der Waals surface area contributed by atoms with Gasteiger partial charge in [0, 0.05) is 47.0 Å². The van der Waals surface area contributed by atoms with Gasteiger partial charge in [0.05, 0.1) is 13.2 Å². The van der Waals surface area contributed by atoms with Crippen LogP contribution in [0.2, 0.25) is 5.02 Å². The molecule has 9 rings (SSSR count). The highest BCUT2D eigenvalue weighted by molar-refractivity contribution is 6.31. The average molecular weight is 522 g/mol. The van der Waals surface area contributed by atoms with Crippen LogP contribution in [0.4, 0.5) is 0 Å². The lowest BCUT2D eigenvalue weighted by atomic mass is 9.35. The zero-order valence-electron chi connectivity index (χ0n) is 21.5. The Morgan fingerprint density at radius 2 is 2.00 bits per heavy atom. The number of nitrogens with zero attached hydrogens (tertiary/aromatic N) is 1. The number of hydrogen-bond acceptors (Lipinski definition) is 5. The van der Waals surface area contributed by atoms with Gasteiger partial charge in [-0.3, -0.25) is 4.90 Å². The predicted octanol–water partition coefficient (Wildman–Crippen LogP) is 5.49. The maximum absolute atomic E-state index is 11.0. The summed E-state index contributed by atoms with van der Waals surface area (Å²) in [6, 6.07) is 12.5. The Morgan fingerprint density at radius 1 is 1.14 bits per heavy atom. The highest BCUT2D eigenvalue weighted by atomic mass is 35.5. The Hall–Kier alpha value is -1.79. The van der Waals surface area contributed by atoms with E-state index in [1.807, 2.05) is 37.4 Å². The van der Waals surface area contributed by atoms with Gasteiger partial charge in [-0.1, -0.05) is 35.9 Å². The third kappa shape index (κ3) is 2.87. The first kappa shape index (κ1) is 23.1. The summed E-state index contributed by atoms with van der Waals surface area (Å²) in [5, 5.41) is 11.7. The molecule has 4 saturated carbocycles. The minimum Gasteiger partial charge on any atom is -0.504 e. The first-order valence-corrected chi connectivity index (χ1v) is 14.5. The fourth-order valence-electron chi connectivity index (χ4n) is 9.67. The lowest BCUT2D eigenvalue weighted by Crippen LogP contribution is -2.81. The molecule has 5 nitrogen and oxygen atoms in total. The second-order valence-corrected chi connectivity index (χ2v) is 13.1. The summed E-state index contributed by atoms with van der Waals surface area (Å²) in [4.78, 5) is 2.85. The number of benzene rings is 2. The van der Waals surface area contributed by atoms with Crippen molar-refractivity contribution in [3.63, 3.8) is 0 Å². The number of phenols is 1. The number of piperidine rings is 1. The van der Waals surface area contributed by atoms with Crippen molar-refractivity contribution in [3.8, 4) is 11.5 Å². The molecule has 7 aliphatic rings. The summed E-state index contributed by atoms with van der Waals surface area (Å²) >= 11 is 6.43. The van der Waals surface area contributed by atoms with Crippen molar-refractivity contribution in [2.75, 3.05) is 26.8 Å². The van der Waals surface area contributed by atoms with Gasteiger partial charge in [-0.2, -0.15) is 0 Å². The average Bonchev–Trinajstić information content (AvgIpc) is 3.65. The lowest BCUT2D eigenvalue weighted by Gasteiger charge is -2.74. The van der Waals surface area contributed by atoms with E-state index in [1.165, 1.54) is 30.5 Å². The van der Waals surface area contributed by atoms with Crippen LogP contribution in [0, 0.1) is 17.3 Å². The molecule has 1 N–H and O–H groups in total. The molecule has 5 aliphatic carbocycles. The van der Waals surface area contributed by atoms with Crippen molar-refractivity contribution in [3.05, 3.63) is 58.1 Å². The monoisotopic (exact) mass is 521 g/mol. The molecular formula is C31H36ClNO4. The quantitative estimate of drug-likeness (QED) is 0.522. The number of fused-ring (bicyclic) bond motifs is 2. The first-order chi connectivity index (χ1) is 18.0. The zero-order valence-corrected chi connectivity index (χ0v) is 22.3. The smallest absolute Gasteiger partial charge is 0.165 e. The highest BCUT2D eigenvalue weighted by Crippen LogP contribution is 2.76. The van der Waals surface area contributed by atoms with Crippen LogP contribution in [0.1, 0.15) is 55.2 Å². The molecule has 4 bridgehead atoms. The van der Waals surface area contributed by atoms with Crippen LogP contribution in [0.25, 0.3) is 0 Å². The fraction of sp³-hybridized carbons (Fsp3) is 0.613. The number of aromatic hydroxyl groups is 1. The summed E-state index contributed by atoms with van der Waals surface area (Å²) in [7, 11) is 1.87. The van der Waals surface area contributed by atoms with Crippen molar-refractivity contribution in [1.82, 2.24) is 4.90 Å². The molecule has 6 heteroatoms. The van der Waals surface area contributed by atoms with Crippen LogP contribution in [0.3, 0.4) is 0 Å². The van der Waals surface area contributed by atoms with Gasteiger partial charge in [-0.05, 0) is 80.7 Å². The van der Waals surface area contributed by atoms with Crippen LogP contribution in [-0.4, -0.2) is 54.6 Å². The summed E-state index contributed by atoms with van der Waals surface area (Å²) in [5.74, 6) is 2.13. The number of halogens is 1. The maximum atomic E-state index is 11.0. The number of phenolic OH excluding ortho intramolecular Hbond substituents is 1. The number of methoxy groups -OCH3 is 1. The SMILES string of the molecule is CO[C@]12CCC3(C[C@@H]1COCc1ccccc1Cl)[C@H]1Cc4ccc(O)c5c4C3(CCN1CC1CC1)[C@H]2O5. The van der Waals surface area contributed by atoms with Crippen LogP contribution in [0.15, 0.2) is 36.4 Å². The Labute approximate surface area is 224 Å². The molecule has 2 aromatic rings. The van der Waals surface area contributed by atoms with Gasteiger partial charge in [0.15, 0.2) is 11.5 Å². The molecule has 37 heavy (non-hydrogen) atoms. The molecule has 0 radical (unpaired) electrons. The number of ether oxygens (including phenoxy) is 3. The van der Waals surface area contributed by atoms with Crippen molar-refractivity contribution in [1.29, 1.82) is 0 Å². The molecule has 5 fully saturated rings. The van der Waals surface area contributed by atoms with Crippen molar-refractivity contribution in [2.24, 2.45) is 17.3 Å². The van der Waals surface area contributed by atoms with E-state index in [9.17, 15) is 5.11 Å². The summed E-state index contributed by atoms with van der Waals surface area (Å²) in [5.41, 5.74) is 3.33. The van der Waals surface area contributed by atoms with E-state index in [0.717, 1.165) is 60.9 Å². The second-order valence-electron chi connectivity index (χ2n) is 12.6. The van der Waals surface area contributed by atoms with E-state index in [-0.39, 0.29) is 28.6 Å². The molecular weight excluding hydrogens is 486 g/mol. The molecule has 196 valence electrons. The van der Waals surface area contributed by atoms with Gasteiger partial charge in [-0.15, -0.1) is 0 Å². The number of hydrogen-bond donors (Lipinski definition) is 1. The van der Waals surface area contributed by atoms with E-state index in [4.69, 9.17) is 25.8 Å².